The lowest BCUT2D eigenvalue weighted by molar-refractivity contribution is -0.118. The lowest BCUT2D eigenvalue weighted by Gasteiger charge is -2.27. The Morgan fingerprint density at radius 2 is 1.00 bits per heavy atom. The first-order valence-electron chi connectivity index (χ1n) is 24.5. The van der Waals surface area contributed by atoms with Crippen molar-refractivity contribution in [2.75, 3.05) is 0 Å². The van der Waals surface area contributed by atoms with Crippen molar-refractivity contribution >= 4 is 28.9 Å². The molecule has 0 aromatic rings. The molecule has 0 aromatic carbocycles. The Balaban J connectivity index is 0.000000376. The molecule has 0 radical (unpaired) electrons. The van der Waals surface area contributed by atoms with Crippen molar-refractivity contribution < 1.29 is 24.0 Å². The molecule has 0 N–H and O–H groups in total. The maximum absolute atomic E-state index is 11.6. The molecule has 5 unspecified atom stereocenters. The molecule has 0 heterocycles. The fourth-order valence-electron chi connectivity index (χ4n) is 9.61. The van der Waals surface area contributed by atoms with E-state index in [1.165, 1.54) is 41.6 Å². The molecule has 340 valence electrons. The second-order valence-corrected chi connectivity index (χ2v) is 18.8. The summed E-state index contributed by atoms with van der Waals surface area (Å²) in [5.41, 5.74) is 10.8. The second kappa shape index (κ2) is 28.6. The zero-order chi connectivity index (χ0) is 45.7. The number of hydrogen-bond acceptors (Lipinski definition) is 5. The Labute approximate surface area is 369 Å². The molecule has 0 amide bonds. The highest BCUT2D eigenvalue weighted by Crippen LogP contribution is 2.34. The van der Waals surface area contributed by atoms with Crippen molar-refractivity contribution in [2.24, 2.45) is 35.5 Å². The number of Topliss-reactive ketones (excluding diaryl/α,β-unsaturated/α-hetero) is 5. The van der Waals surface area contributed by atoms with Crippen molar-refractivity contribution in [3.63, 3.8) is 0 Å². The largest absolute Gasteiger partial charge is 0.295 e. The highest BCUT2D eigenvalue weighted by atomic mass is 16.1. The van der Waals surface area contributed by atoms with Crippen LogP contribution in [0.4, 0.5) is 0 Å². The smallest absolute Gasteiger partial charge is 0.158 e. The van der Waals surface area contributed by atoms with Crippen LogP contribution in [0, 0.1) is 35.5 Å². The zero-order valence-electron chi connectivity index (χ0n) is 41.5. The van der Waals surface area contributed by atoms with Gasteiger partial charge in [0, 0.05) is 32.1 Å². The lowest BCUT2D eigenvalue weighted by atomic mass is 9.77. The topological polar surface area (TPSA) is 85.3 Å². The van der Waals surface area contributed by atoms with Gasteiger partial charge in [-0.15, -0.1) is 0 Å². The average Bonchev–Trinajstić information content (AvgIpc) is 3.23. The van der Waals surface area contributed by atoms with Gasteiger partial charge in [0.2, 0.25) is 0 Å². The fraction of sp³-hybridized carbons (Fsp3) is 0.727. The van der Waals surface area contributed by atoms with Crippen molar-refractivity contribution in [1.82, 2.24) is 0 Å². The first-order chi connectivity index (χ1) is 28.4. The Kier molecular flexibility index (Phi) is 26.3. The van der Waals surface area contributed by atoms with Gasteiger partial charge in [0.05, 0.1) is 0 Å². The molecule has 0 bridgehead atoms. The first kappa shape index (κ1) is 55.1. The van der Waals surface area contributed by atoms with E-state index in [-0.39, 0.29) is 0 Å². The summed E-state index contributed by atoms with van der Waals surface area (Å²) in [6.07, 6.45) is 21.6. The van der Waals surface area contributed by atoms with Crippen LogP contribution in [0.3, 0.4) is 0 Å². The molecule has 60 heavy (non-hydrogen) atoms. The van der Waals surface area contributed by atoms with Gasteiger partial charge in [0.15, 0.2) is 28.9 Å². The van der Waals surface area contributed by atoms with Crippen molar-refractivity contribution in [2.45, 2.75) is 226 Å². The van der Waals surface area contributed by atoms with Crippen LogP contribution in [0.2, 0.25) is 0 Å². The van der Waals surface area contributed by atoms with Gasteiger partial charge >= 0.3 is 0 Å². The minimum absolute atomic E-state index is 0.335. The normalized spacial score (nSPS) is 24.8. The zero-order valence-corrected chi connectivity index (χ0v) is 41.5. The third-order valence-corrected chi connectivity index (χ3v) is 14.4. The van der Waals surface area contributed by atoms with Gasteiger partial charge in [-0.1, -0.05) is 117 Å². The number of allylic oxidation sites excluding steroid dienone is 10. The van der Waals surface area contributed by atoms with E-state index in [1.54, 1.807) is 0 Å². The summed E-state index contributed by atoms with van der Waals surface area (Å²) in [5, 5.41) is 0. The van der Waals surface area contributed by atoms with Crippen LogP contribution in [-0.2, 0) is 24.0 Å². The van der Waals surface area contributed by atoms with Crippen molar-refractivity contribution in [3.05, 3.63) is 56.2 Å². The van der Waals surface area contributed by atoms with E-state index >= 15 is 0 Å². The molecule has 5 atom stereocenters. The highest BCUT2D eigenvalue weighted by Gasteiger charge is 2.27. The molecular formula is C55H90O5. The van der Waals surface area contributed by atoms with Gasteiger partial charge in [-0.3, -0.25) is 24.0 Å². The number of hydrogen-bond donors (Lipinski definition) is 0. The van der Waals surface area contributed by atoms with Gasteiger partial charge in [-0.2, -0.15) is 0 Å². The summed E-state index contributed by atoms with van der Waals surface area (Å²) in [5.74, 6) is 5.55. The summed E-state index contributed by atoms with van der Waals surface area (Å²) in [6, 6.07) is 0. The maximum Gasteiger partial charge on any atom is 0.158 e. The van der Waals surface area contributed by atoms with E-state index < -0.39 is 0 Å². The lowest BCUT2D eigenvalue weighted by Crippen LogP contribution is -2.21. The minimum Gasteiger partial charge on any atom is -0.295 e. The molecule has 0 fully saturated rings. The summed E-state index contributed by atoms with van der Waals surface area (Å²) in [7, 11) is 0. The number of carbonyl (C=O) groups is 5. The Morgan fingerprint density at radius 1 is 0.517 bits per heavy atom. The summed E-state index contributed by atoms with van der Waals surface area (Å²) in [4.78, 5) is 57.2. The molecule has 5 aliphatic carbocycles. The molecule has 0 aliphatic heterocycles. The summed E-state index contributed by atoms with van der Waals surface area (Å²) >= 11 is 0. The van der Waals surface area contributed by atoms with Crippen LogP contribution < -0.4 is 0 Å². The Bertz CT molecular complexity index is 1610. The molecule has 0 spiro atoms. The molecule has 0 aromatic heterocycles. The van der Waals surface area contributed by atoms with Crippen LogP contribution in [0.25, 0.3) is 0 Å². The predicted octanol–water partition coefficient (Wildman–Crippen LogP) is 15.4. The number of carbonyl (C=O) groups excluding carboxylic acids is 5. The van der Waals surface area contributed by atoms with E-state index in [0.29, 0.717) is 64.4 Å². The van der Waals surface area contributed by atoms with Crippen LogP contribution >= 0.6 is 0 Å². The molecule has 5 nitrogen and oxygen atoms in total. The van der Waals surface area contributed by atoms with E-state index in [9.17, 15) is 24.0 Å². The quantitative estimate of drug-likeness (QED) is 0.219. The fourth-order valence-corrected chi connectivity index (χ4v) is 9.61. The standard InChI is InChI=1S/2C12H20O.C11H18O.2C10H16O/c1-5-10-6-11(8(2)3)7-12(13)9(10)4;1-4-6-10-7-11(5-2)9(3)12(13)8-10;1-4-9-6-10(5-2)8(3)11(12)7-9;1-4-9-5-8(3)10(11)6-7(9)2;1-3-8-6-5-7-10(11)9(8)4-2/h8,11H,5-7H2,1-4H3;10H,4-8H2,1-3H3;9H,4-7H2,1-3H3;5,7,9H,4,6H2,1-3H3;3-7H2,1-2H3. The van der Waals surface area contributed by atoms with Crippen molar-refractivity contribution in [3.8, 4) is 0 Å². The molecular weight excluding hydrogens is 741 g/mol. The molecule has 0 saturated carbocycles. The van der Waals surface area contributed by atoms with E-state index in [2.05, 4.69) is 82.2 Å². The number of ketones is 5. The van der Waals surface area contributed by atoms with Crippen LogP contribution in [0.5, 0.6) is 0 Å². The van der Waals surface area contributed by atoms with E-state index in [4.69, 9.17) is 0 Å². The summed E-state index contributed by atoms with van der Waals surface area (Å²) in [6.45, 7) is 31.7. The van der Waals surface area contributed by atoms with E-state index in [0.717, 1.165) is 131 Å². The van der Waals surface area contributed by atoms with Crippen LogP contribution in [0.15, 0.2) is 56.2 Å². The van der Waals surface area contributed by atoms with Crippen LogP contribution in [0.1, 0.15) is 226 Å². The Morgan fingerprint density at radius 3 is 1.43 bits per heavy atom. The number of rotatable bonds is 10. The van der Waals surface area contributed by atoms with Crippen molar-refractivity contribution in [1.29, 1.82) is 0 Å². The highest BCUT2D eigenvalue weighted by molar-refractivity contribution is 5.98. The summed E-state index contributed by atoms with van der Waals surface area (Å²) < 4.78 is 0. The Hall–Kier alpha value is -2.95. The van der Waals surface area contributed by atoms with Crippen LogP contribution in [-0.4, -0.2) is 28.9 Å². The predicted molar refractivity (Wildman–Crippen MR) is 255 cm³/mol. The van der Waals surface area contributed by atoms with Gasteiger partial charge < -0.3 is 0 Å². The molecule has 0 saturated heterocycles. The third kappa shape index (κ3) is 17.4. The molecule has 5 rings (SSSR count). The average molecular weight is 831 g/mol. The van der Waals surface area contributed by atoms with Gasteiger partial charge in [-0.25, -0.2) is 0 Å². The second-order valence-electron chi connectivity index (χ2n) is 18.8. The monoisotopic (exact) mass is 831 g/mol. The van der Waals surface area contributed by atoms with Gasteiger partial charge in [0.1, 0.15) is 0 Å². The first-order valence-corrected chi connectivity index (χ1v) is 24.5. The van der Waals surface area contributed by atoms with Gasteiger partial charge in [0.25, 0.3) is 0 Å². The molecule has 5 heteroatoms. The van der Waals surface area contributed by atoms with E-state index in [1.807, 2.05) is 27.7 Å². The third-order valence-electron chi connectivity index (χ3n) is 14.4. The maximum atomic E-state index is 11.6. The molecule has 5 aliphatic rings. The minimum atomic E-state index is 0.335. The van der Waals surface area contributed by atoms with Gasteiger partial charge in [-0.05, 0) is 168 Å². The SMILES string of the molecule is CCC1=C(C)C(=O)CC(C(C)C)C1.CCC1=C(C)C(=O)CC(CC)C1.CCC1=C(CC)C(=O)CCC1.CCC1C=C(C)C(=O)CC1C.CCCC1CC(=O)C(C)=C(CC)C1.